The average molecular weight is 412 g/mol. The van der Waals surface area contributed by atoms with Gasteiger partial charge in [-0.15, -0.1) is 0 Å². The van der Waals surface area contributed by atoms with Crippen molar-refractivity contribution in [3.63, 3.8) is 0 Å². The summed E-state index contributed by atoms with van der Waals surface area (Å²) in [5.74, 6) is 0.541. The molecule has 1 heterocycles. The molecule has 0 saturated carbocycles. The third kappa shape index (κ3) is 4.32. The van der Waals surface area contributed by atoms with Crippen molar-refractivity contribution in [2.45, 2.75) is 6.92 Å². The Morgan fingerprint density at radius 1 is 1.10 bits per heavy atom. The molecule has 2 aromatic carbocycles. The van der Waals surface area contributed by atoms with Crippen LogP contribution in [0.25, 0.3) is 0 Å². The van der Waals surface area contributed by atoms with Gasteiger partial charge in [0.15, 0.2) is 11.5 Å². The van der Waals surface area contributed by atoms with E-state index in [0.29, 0.717) is 5.56 Å². The molecule has 0 unspecified atom stereocenters. The Morgan fingerprint density at radius 2 is 1.83 bits per heavy atom. The van der Waals surface area contributed by atoms with E-state index >= 15 is 0 Å². The van der Waals surface area contributed by atoms with Gasteiger partial charge in [0.2, 0.25) is 11.7 Å². The van der Waals surface area contributed by atoms with Crippen LogP contribution in [-0.2, 0) is 0 Å². The molecule has 0 aliphatic heterocycles. The van der Waals surface area contributed by atoms with Gasteiger partial charge in [0.1, 0.15) is 0 Å². The third-order valence-corrected chi connectivity index (χ3v) is 3.92. The molecule has 0 bridgehead atoms. The number of nitrogen functional groups attached to an aromatic ring is 1. The van der Waals surface area contributed by atoms with Crippen LogP contribution < -0.4 is 15.2 Å². The highest BCUT2D eigenvalue weighted by molar-refractivity contribution is 5.81. The Balaban J connectivity index is 1.90. The van der Waals surface area contributed by atoms with Crippen LogP contribution in [0.4, 0.5) is 17.3 Å². The maximum Gasteiger partial charge on any atom is 0.318 e. The Labute approximate surface area is 169 Å². The molecule has 1 aromatic heterocycles. The normalized spacial score (nSPS) is 10.9. The zero-order valence-corrected chi connectivity index (χ0v) is 15.9. The number of anilines is 1. The number of imidazole rings is 1. The van der Waals surface area contributed by atoms with E-state index in [1.807, 2.05) is 0 Å². The molecule has 0 atom stereocenters. The Bertz CT molecular complexity index is 1160. The van der Waals surface area contributed by atoms with Crippen molar-refractivity contribution in [1.82, 2.24) is 9.66 Å². The summed E-state index contributed by atoms with van der Waals surface area (Å²) in [6, 6.07) is 7.91. The summed E-state index contributed by atoms with van der Waals surface area (Å²) < 4.78 is 12.3. The van der Waals surface area contributed by atoms with Crippen molar-refractivity contribution >= 4 is 23.5 Å². The number of aromatic nitrogens is 2. The number of hydrogen-bond donors (Lipinski definition) is 1. The van der Waals surface area contributed by atoms with Gasteiger partial charge >= 0.3 is 5.69 Å². The van der Waals surface area contributed by atoms with Crippen LogP contribution in [0.15, 0.2) is 47.7 Å². The van der Waals surface area contributed by atoms with Gasteiger partial charge in [-0.05, 0) is 36.8 Å². The van der Waals surface area contributed by atoms with E-state index in [4.69, 9.17) is 15.2 Å². The van der Waals surface area contributed by atoms with Crippen LogP contribution in [0.3, 0.4) is 0 Å². The second-order valence-electron chi connectivity index (χ2n) is 6.01. The summed E-state index contributed by atoms with van der Waals surface area (Å²) in [6.45, 7) is 1.79. The Morgan fingerprint density at radius 3 is 2.43 bits per heavy atom. The molecule has 12 heteroatoms. The highest BCUT2D eigenvalue weighted by atomic mass is 16.6. The SMILES string of the molecule is COc1cc(C=Nn2cc(C)nc2N)ccc1Oc1ccc([N+](=O)[O-])cc1[N+](=O)[O-]. The first-order valence-electron chi connectivity index (χ1n) is 8.43. The molecule has 0 radical (unpaired) electrons. The van der Waals surface area contributed by atoms with Crippen molar-refractivity contribution in [3.05, 3.63) is 74.1 Å². The van der Waals surface area contributed by atoms with E-state index in [0.717, 1.165) is 23.9 Å². The summed E-state index contributed by atoms with van der Waals surface area (Å²) >= 11 is 0. The highest BCUT2D eigenvalue weighted by Crippen LogP contribution is 2.38. The quantitative estimate of drug-likeness (QED) is 0.351. The molecule has 0 aliphatic rings. The van der Waals surface area contributed by atoms with Gasteiger partial charge in [-0.1, -0.05) is 0 Å². The molecule has 0 spiro atoms. The number of non-ortho nitro benzene ring substituents is 1. The third-order valence-electron chi connectivity index (χ3n) is 3.92. The minimum absolute atomic E-state index is 0.160. The van der Waals surface area contributed by atoms with Gasteiger partial charge in [0, 0.05) is 6.07 Å². The number of aryl methyl sites for hydroxylation is 1. The predicted octanol–water partition coefficient (Wildman–Crippen LogP) is 3.27. The van der Waals surface area contributed by atoms with E-state index in [1.165, 1.54) is 24.1 Å². The van der Waals surface area contributed by atoms with Gasteiger partial charge in [0.25, 0.3) is 5.69 Å². The lowest BCUT2D eigenvalue weighted by molar-refractivity contribution is -0.394. The molecule has 0 aliphatic carbocycles. The average Bonchev–Trinajstić information content (AvgIpc) is 3.04. The zero-order valence-electron chi connectivity index (χ0n) is 15.9. The first-order chi connectivity index (χ1) is 14.3. The van der Waals surface area contributed by atoms with Crippen LogP contribution in [0.2, 0.25) is 0 Å². The van der Waals surface area contributed by atoms with Crippen molar-refractivity contribution in [2.24, 2.45) is 5.10 Å². The van der Waals surface area contributed by atoms with Gasteiger partial charge in [-0.2, -0.15) is 5.10 Å². The van der Waals surface area contributed by atoms with Gasteiger partial charge in [-0.25, -0.2) is 9.66 Å². The first-order valence-corrected chi connectivity index (χ1v) is 8.43. The number of nitrogens with two attached hydrogens (primary N) is 1. The van der Waals surface area contributed by atoms with E-state index < -0.39 is 21.2 Å². The number of benzene rings is 2. The number of nitrogens with zero attached hydrogens (tertiary/aromatic N) is 5. The molecule has 12 nitrogen and oxygen atoms in total. The molecule has 30 heavy (non-hydrogen) atoms. The van der Waals surface area contributed by atoms with Gasteiger partial charge in [-0.3, -0.25) is 20.2 Å². The lowest BCUT2D eigenvalue weighted by Crippen LogP contribution is -1.98. The number of hydrogen-bond acceptors (Lipinski definition) is 9. The van der Waals surface area contributed by atoms with Crippen molar-refractivity contribution in [3.8, 4) is 17.2 Å². The smallest absolute Gasteiger partial charge is 0.318 e. The molecule has 0 saturated heterocycles. The van der Waals surface area contributed by atoms with Crippen LogP contribution >= 0.6 is 0 Å². The largest absolute Gasteiger partial charge is 0.493 e. The number of nitro benzene ring substituents is 2. The summed E-state index contributed by atoms with van der Waals surface area (Å²) in [5, 5.41) is 26.4. The van der Waals surface area contributed by atoms with Crippen molar-refractivity contribution in [1.29, 1.82) is 0 Å². The molecule has 3 aromatic rings. The van der Waals surface area contributed by atoms with E-state index in [1.54, 1.807) is 25.3 Å². The lowest BCUT2D eigenvalue weighted by atomic mass is 10.2. The summed E-state index contributed by atoms with van der Waals surface area (Å²) in [4.78, 5) is 24.7. The van der Waals surface area contributed by atoms with E-state index in [-0.39, 0.29) is 23.2 Å². The Kier molecular flexibility index (Phi) is 5.58. The number of nitro groups is 2. The molecule has 0 amide bonds. The van der Waals surface area contributed by atoms with Crippen molar-refractivity contribution in [2.75, 3.05) is 12.8 Å². The maximum atomic E-state index is 11.3. The van der Waals surface area contributed by atoms with Crippen LogP contribution in [0.1, 0.15) is 11.3 Å². The van der Waals surface area contributed by atoms with Crippen LogP contribution in [0.5, 0.6) is 17.2 Å². The van der Waals surface area contributed by atoms with Gasteiger partial charge in [0.05, 0.1) is 41.1 Å². The standard InChI is InChI=1S/C18H16N6O6/c1-11-10-22(18(19)21-11)20-9-12-3-5-16(17(7-12)29-2)30-15-6-4-13(23(25)26)8-14(15)24(27)28/h3-10H,1-2H3,(H2,19,21). The number of ether oxygens (including phenoxy) is 2. The molecule has 0 fully saturated rings. The molecular formula is C18H16N6O6. The van der Waals surface area contributed by atoms with Crippen LogP contribution in [-0.4, -0.2) is 32.8 Å². The summed E-state index contributed by atoms with van der Waals surface area (Å²) in [6.07, 6.45) is 3.19. The first kappa shape index (κ1) is 20.3. The lowest BCUT2D eigenvalue weighted by Gasteiger charge is -2.11. The predicted molar refractivity (Wildman–Crippen MR) is 107 cm³/mol. The monoisotopic (exact) mass is 412 g/mol. The molecular weight excluding hydrogens is 396 g/mol. The highest BCUT2D eigenvalue weighted by Gasteiger charge is 2.22. The van der Waals surface area contributed by atoms with Gasteiger partial charge < -0.3 is 15.2 Å². The second-order valence-corrected chi connectivity index (χ2v) is 6.01. The fourth-order valence-electron chi connectivity index (χ4n) is 2.54. The van der Waals surface area contributed by atoms with Crippen molar-refractivity contribution < 1.29 is 19.3 Å². The topological polar surface area (TPSA) is 161 Å². The molecule has 154 valence electrons. The minimum atomic E-state index is -0.757. The summed E-state index contributed by atoms with van der Waals surface area (Å²) in [7, 11) is 1.41. The zero-order chi connectivity index (χ0) is 21.8. The fourth-order valence-corrected chi connectivity index (χ4v) is 2.54. The number of methoxy groups -OCH3 is 1. The number of rotatable bonds is 7. The fraction of sp³-hybridized carbons (Fsp3) is 0.111. The molecule has 2 N–H and O–H groups in total. The second kappa shape index (κ2) is 8.26. The van der Waals surface area contributed by atoms with E-state index in [9.17, 15) is 20.2 Å². The summed E-state index contributed by atoms with van der Waals surface area (Å²) in [5.41, 5.74) is 6.14. The molecule has 3 rings (SSSR count). The van der Waals surface area contributed by atoms with E-state index in [2.05, 4.69) is 10.1 Å². The maximum absolute atomic E-state index is 11.3. The Hall–Kier alpha value is -4.48. The minimum Gasteiger partial charge on any atom is -0.493 e. The van der Waals surface area contributed by atoms with Crippen LogP contribution in [0, 0.1) is 27.2 Å².